The van der Waals surface area contributed by atoms with Crippen LogP contribution in [0.5, 0.6) is 0 Å². The highest BCUT2D eigenvalue weighted by Gasteiger charge is 2.20. The van der Waals surface area contributed by atoms with Gasteiger partial charge in [0.1, 0.15) is 0 Å². The van der Waals surface area contributed by atoms with Crippen molar-refractivity contribution in [3.8, 4) is 0 Å². The summed E-state index contributed by atoms with van der Waals surface area (Å²) < 4.78 is 0. The predicted octanol–water partition coefficient (Wildman–Crippen LogP) is 15.9. The lowest BCUT2D eigenvalue weighted by Crippen LogP contribution is -2.45. The van der Waals surface area contributed by atoms with Crippen molar-refractivity contribution in [1.82, 2.24) is 5.32 Å². The number of hydrogen-bond donors (Lipinski definition) is 4. The van der Waals surface area contributed by atoms with E-state index in [2.05, 4.69) is 43.5 Å². The average Bonchev–Trinajstić information content (AvgIpc) is 3.23. The van der Waals surface area contributed by atoms with Crippen molar-refractivity contribution < 1.29 is 20.1 Å². The van der Waals surface area contributed by atoms with Gasteiger partial charge in [0, 0.05) is 0 Å². The number of allylic oxidation sites excluding steroid dienone is 5. The van der Waals surface area contributed by atoms with Gasteiger partial charge >= 0.3 is 0 Å². The Balaban J connectivity index is 3.58. The number of aliphatic hydroxyl groups is 3. The maximum absolute atomic E-state index is 12.5. The van der Waals surface area contributed by atoms with Crippen LogP contribution in [0.25, 0.3) is 0 Å². The zero-order valence-corrected chi connectivity index (χ0v) is 39.6. The lowest BCUT2D eigenvalue weighted by molar-refractivity contribution is -0.124. The van der Waals surface area contributed by atoms with E-state index >= 15 is 0 Å². The minimum absolute atomic E-state index is 0.00547. The molecule has 0 aliphatic carbocycles. The average molecular weight is 830 g/mol. The Morgan fingerprint density at radius 3 is 1.08 bits per heavy atom. The van der Waals surface area contributed by atoms with Gasteiger partial charge in [0.05, 0.1) is 31.3 Å². The molecule has 0 aromatic carbocycles. The van der Waals surface area contributed by atoms with E-state index in [0.717, 1.165) is 38.5 Å². The molecule has 0 rings (SSSR count). The van der Waals surface area contributed by atoms with Gasteiger partial charge in [0.2, 0.25) is 5.91 Å². The number of nitrogens with one attached hydrogen (secondary N) is 1. The lowest BCUT2D eigenvalue weighted by Gasteiger charge is -2.21. The minimum atomic E-state index is -0.958. The van der Waals surface area contributed by atoms with Crippen LogP contribution in [-0.2, 0) is 4.79 Å². The van der Waals surface area contributed by atoms with Gasteiger partial charge in [-0.25, -0.2) is 0 Å². The van der Waals surface area contributed by atoms with Crippen molar-refractivity contribution in [2.45, 2.75) is 295 Å². The van der Waals surface area contributed by atoms with E-state index in [9.17, 15) is 20.1 Å². The zero-order valence-electron chi connectivity index (χ0n) is 39.6. The van der Waals surface area contributed by atoms with Crippen LogP contribution in [0.15, 0.2) is 36.5 Å². The molecule has 0 aliphatic heterocycles. The second kappa shape index (κ2) is 49.2. The summed E-state index contributed by atoms with van der Waals surface area (Å²) in [6.45, 7) is 4.21. The first-order valence-corrected chi connectivity index (χ1v) is 26.3. The number of amides is 1. The molecule has 348 valence electrons. The van der Waals surface area contributed by atoms with E-state index in [1.807, 2.05) is 6.08 Å². The molecular formula is C54H103NO4. The molecule has 0 fully saturated rings. The largest absolute Gasteiger partial charge is 0.394 e. The molecule has 0 aliphatic rings. The SMILES string of the molecule is CCCCCCCCC/C=C/CC/C=C/CC/C=C/C(O)C(CO)NC(=O)CC(O)CCCCCCCCCCCCCCCCCCCCCCCCCCCCC. The zero-order chi connectivity index (χ0) is 43.0. The van der Waals surface area contributed by atoms with E-state index in [0.29, 0.717) is 6.42 Å². The van der Waals surface area contributed by atoms with Crippen LogP contribution in [0.2, 0.25) is 0 Å². The maximum atomic E-state index is 12.5. The van der Waals surface area contributed by atoms with E-state index < -0.39 is 18.2 Å². The Kier molecular flexibility index (Phi) is 48.0. The van der Waals surface area contributed by atoms with Gasteiger partial charge in [0.15, 0.2) is 0 Å². The van der Waals surface area contributed by atoms with Crippen molar-refractivity contribution in [3.05, 3.63) is 36.5 Å². The fourth-order valence-corrected chi connectivity index (χ4v) is 8.14. The van der Waals surface area contributed by atoms with Crippen molar-refractivity contribution in [1.29, 1.82) is 0 Å². The minimum Gasteiger partial charge on any atom is -0.394 e. The second-order valence-electron chi connectivity index (χ2n) is 18.1. The van der Waals surface area contributed by atoms with Gasteiger partial charge in [-0.2, -0.15) is 0 Å². The van der Waals surface area contributed by atoms with Gasteiger partial charge in [0.25, 0.3) is 0 Å². The molecule has 0 heterocycles. The standard InChI is InChI=1S/C54H103NO4/c1-3-5-7-9-11-13-15-17-19-21-22-23-24-25-26-27-28-29-30-32-33-35-37-39-41-43-45-47-51(57)49-54(59)55-52(50-56)53(58)48-46-44-42-40-38-36-34-31-20-18-16-14-12-10-8-6-4-2/h20,31,38,40,46,48,51-53,56-58H,3-19,21-30,32-37,39,41-45,47,49-50H2,1-2H3,(H,55,59)/b31-20+,40-38+,48-46+. The second-order valence-corrected chi connectivity index (χ2v) is 18.1. The Morgan fingerprint density at radius 2 is 0.729 bits per heavy atom. The monoisotopic (exact) mass is 830 g/mol. The first-order valence-electron chi connectivity index (χ1n) is 26.3. The summed E-state index contributed by atoms with van der Waals surface area (Å²) in [6, 6.07) is -0.766. The van der Waals surface area contributed by atoms with Gasteiger partial charge in [-0.05, 0) is 44.9 Å². The smallest absolute Gasteiger partial charge is 0.222 e. The number of rotatable bonds is 48. The van der Waals surface area contributed by atoms with Gasteiger partial charge in [-0.15, -0.1) is 0 Å². The maximum Gasteiger partial charge on any atom is 0.222 e. The first kappa shape index (κ1) is 57.6. The molecule has 5 heteroatoms. The van der Waals surface area contributed by atoms with Crippen molar-refractivity contribution in [2.24, 2.45) is 0 Å². The molecule has 3 atom stereocenters. The summed E-state index contributed by atoms with van der Waals surface area (Å²) >= 11 is 0. The summed E-state index contributed by atoms with van der Waals surface area (Å²) in [7, 11) is 0. The Hall–Kier alpha value is -1.43. The fourth-order valence-electron chi connectivity index (χ4n) is 8.14. The highest BCUT2D eigenvalue weighted by atomic mass is 16.3. The highest BCUT2D eigenvalue weighted by molar-refractivity contribution is 5.76. The highest BCUT2D eigenvalue weighted by Crippen LogP contribution is 2.17. The molecule has 0 spiro atoms. The Morgan fingerprint density at radius 1 is 0.424 bits per heavy atom. The Bertz CT molecular complexity index is 916. The van der Waals surface area contributed by atoms with Crippen LogP contribution < -0.4 is 5.32 Å². The Labute approximate surface area is 368 Å². The summed E-state index contributed by atoms with van der Waals surface area (Å²) in [5, 5.41) is 33.3. The molecule has 0 bridgehead atoms. The molecule has 4 N–H and O–H groups in total. The predicted molar refractivity (Wildman–Crippen MR) is 259 cm³/mol. The summed E-state index contributed by atoms with van der Waals surface area (Å²) in [5.41, 5.74) is 0. The summed E-state index contributed by atoms with van der Waals surface area (Å²) in [4.78, 5) is 12.5. The van der Waals surface area contributed by atoms with Crippen LogP contribution in [0, 0.1) is 0 Å². The summed E-state index contributed by atoms with van der Waals surface area (Å²) in [5.74, 6) is -0.326. The molecule has 5 nitrogen and oxygen atoms in total. The van der Waals surface area contributed by atoms with Crippen molar-refractivity contribution >= 4 is 5.91 Å². The van der Waals surface area contributed by atoms with E-state index in [4.69, 9.17) is 0 Å². The number of carbonyl (C=O) groups is 1. The van der Waals surface area contributed by atoms with Crippen LogP contribution in [0.1, 0.15) is 277 Å². The lowest BCUT2D eigenvalue weighted by atomic mass is 10.0. The third-order valence-corrected chi connectivity index (χ3v) is 12.2. The normalized spacial score (nSPS) is 13.6. The first-order chi connectivity index (χ1) is 29.0. The van der Waals surface area contributed by atoms with Crippen LogP contribution in [0.3, 0.4) is 0 Å². The van der Waals surface area contributed by atoms with Crippen LogP contribution >= 0.6 is 0 Å². The molecule has 0 aromatic heterocycles. The van der Waals surface area contributed by atoms with E-state index in [1.54, 1.807) is 6.08 Å². The van der Waals surface area contributed by atoms with Crippen LogP contribution in [-0.4, -0.2) is 46.1 Å². The third kappa shape index (κ3) is 45.9. The number of unbranched alkanes of at least 4 members (excludes halogenated alkanes) is 35. The van der Waals surface area contributed by atoms with E-state index in [1.165, 1.54) is 212 Å². The van der Waals surface area contributed by atoms with Crippen molar-refractivity contribution in [3.63, 3.8) is 0 Å². The van der Waals surface area contributed by atoms with Crippen LogP contribution in [0.4, 0.5) is 0 Å². The molecule has 1 amide bonds. The molecule has 0 saturated carbocycles. The quantitative estimate of drug-likeness (QED) is 0.0363. The van der Waals surface area contributed by atoms with Gasteiger partial charge in [-0.3, -0.25) is 4.79 Å². The summed E-state index contributed by atoms with van der Waals surface area (Å²) in [6.07, 6.45) is 63.2. The third-order valence-electron chi connectivity index (χ3n) is 12.2. The van der Waals surface area contributed by atoms with Crippen molar-refractivity contribution in [2.75, 3.05) is 6.61 Å². The van der Waals surface area contributed by atoms with E-state index in [-0.39, 0.29) is 18.9 Å². The number of carbonyl (C=O) groups excluding carboxylic acids is 1. The molecule has 59 heavy (non-hydrogen) atoms. The molecule has 0 saturated heterocycles. The number of hydrogen-bond acceptors (Lipinski definition) is 4. The molecule has 0 aromatic rings. The fraction of sp³-hybridized carbons (Fsp3) is 0.870. The molecule has 0 radical (unpaired) electrons. The molecular weight excluding hydrogens is 727 g/mol. The topological polar surface area (TPSA) is 89.8 Å². The molecule has 3 unspecified atom stereocenters. The number of aliphatic hydroxyl groups excluding tert-OH is 3. The van der Waals surface area contributed by atoms with Gasteiger partial charge < -0.3 is 20.6 Å². The van der Waals surface area contributed by atoms with Gasteiger partial charge in [-0.1, -0.05) is 262 Å².